The number of amides is 1. The summed E-state index contributed by atoms with van der Waals surface area (Å²) in [6.45, 7) is -7.45. The van der Waals surface area contributed by atoms with Crippen LogP contribution in [-0.4, -0.2) is 45.6 Å². The molecule has 0 saturated carbocycles. The van der Waals surface area contributed by atoms with Gasteiger partial charge in [-0.05, 0) is 38.5 Å². The molecule has 23 heavy (non-hydrogen) atoms. The second-order valence-corrected chi connectivity index (χ2v) is 4.47. The zero-order chi connectivity index (χ0) is 36.2. The van der Waals surface area contributed by atoms with Gasteiger partial charge in [0.1, 0.15) is 0 Å². The van der Waals surface area contributed by atoms with Crippen LogP contribution in [0.25, 0.3) is 10.9 Å². The number of piperidine rings is 2. The molecule has 4 rings (SSSR count). The van der Waals surface area contributed by atoms with E-state index < -0.39 is 115 Å². The van der Waals surface area contributed by atoms with Crippen molar-refractivity contribution in [3.63, 3.8) is 0 Å². The smallest absolute Gasteiger partial charge is 0.272 e. The van der Waals surface area contributed by atoms with E-state index in [0.29, 0.717) is 0 Å². The van der Waals surface area contributed by atoms with Gasteiger partial charge >= 0.3 is 0 Å². The molecule has 5 nitrogen and oxygen atoms in total. The summed E-state index contributed by atoms with van der Waals surface area (Å²) in [6.07, 6.45) is -21.7. The normalized spacial score (nSPS) is 64.3. The first kappa shape index (κ1) is 3.85. The molecule has 2 aliphatic heterocycles. The Morgan fingerprint density at radius 3 is 2.91 bits per heavy atom. The molecule has 1 amide bonds. The van der Waals surface area contributed by atoms with Crippen molar-refractivity contribution < 1.29 is 36.3 Å². The lowest BCUT2D eigenvalue weighted by atomic mass is 9.82. The molecule has 2 bridgehead atoms. The van der Waals surface area contributed by atoms with E-state index in [1.807, 2.05) is 0 Å². The first-order valence-corrected chi connectivity index (χ1v) is 6.25. The van der Waals surface area contributed by atoms with Crippen molar-refractivity contribution >= 4 is 16.8 Å². The molecular weight excluding hydrogens is 288 g/mol. The fourth-order valence-electron chi connectivity index (χ4n) is 2.05. The summed E-state index contributed by atoms with van der Waals surface area (Å²) in [6, 6.07) is -17.1. The van der Waals surface area contributed by atoms with Crippen LogP contribution < -0.4 is 5.32 Å². The molecular formula is C18H24N4O. The summed E-state index contributed by atoms with van der Waals surface area (Å²) in [4.78, 5) is 13.0. The Kier molecular flexibility index (Phi) is 0.944. The molecule has 1 aromatic heterocycles. The number of rotatable bonds is 2. The molecule has 0 aliphatic carbocycles. The highest BCUT2D eigenvalue weighted by Crippen LogP contribution is 2.32. The Balaban J connectivity index is 2.12. The summed E-state index contributed by atoms with van der Waals surface area (Å²) >= 11 is 0. The van der Waals surface area contributed by atoms with E-state index in [1.54, 1.807) is 0 Å². The van der Waals surface area contributed by atoms with E-state index in [2.05, 4.69) is 5.10 Å². The van der Waals surface area contributed by atoms with Crippen molar-refractivity contribution in [1.82, 2.24) is 20.0 Å². The zero-order valence-electron chi connectivity index (χ0n) is 34.2. The number of nitrogens with one attached hydrogen (secondary N) is 1. The van der Waals surface area contributed by atoms with E-state index in [1.165, 1.54) is 5.32 Å². The van der Waals surface area contributed by atoms with Crippen LogP contribution in [-0.2, 0) is 6.98 Å². The van der Waals surface area contributed by atoms with E-state index >= 15 is 0 Å². The van der Waals surface area contributed by atoms with Gasteiger partial charge < -0.3 is 10.2 Å². The van der Waals surface area contributed by atoms with Crippen LogP contribution in [0.5, 0.6) is 0 Å². The molecule has 1 N–H and O–H groups in total. The highest BCUT2D eigenvalue weighted by molar-refractivity contribution is 6.04. The number of benzene rings is 1. The largest absolute Gasteiger partial charge is 0.348 e. The molecule has 2 unspecified atom stereocenters. The number of nitrogens with zero attached hydrogens (tertiary/aromatic N) is 3. The summed E-state index contributed by atoms with van der Waals surface area (Å²) < 4.78 is 191. The maximum atomic E-state index is 13.8. The fraction of sp³-hybridized carbons (Fsp3) is 0.556. The summed E-state index contributed by atoms with van der Waals surface area (Å²) in [7, 11) is 0. The molecule has 0 radical (unpaired) electrons. The van der Waals surface area contributed by atoms with Crippen LogP contribution in [0.4, 0.5) is 0 Å². The summed E-state index contributed by atoms with van der Waals surface area (Å²) in [5.41, 5.74) is -2.16. The Hall–Kier alpha value is -1.88. The lowest BCUT2D eigenvalue weighted by Gasteiger charge is -2.47. The minimum Gasteiger partial charge on any atom is -0.348 e. The van der Waals surface area contributed by atoms with Crippen LogP contribution >= 0.6 is 0 Å². The molecule has 2 aliphatic rings. The molecule has 3 heterocycles. The number of aryl methyl sites for hydroxylation is 1. The number of para-hydroxylation sites is 1. The third kappa shape index (κ3) is 2.53. The second-order valence-electron chi connectivity index (χ2n) is 4.47. The topological polar surface area (TPSA) is 50.2 Å². The van der Waals surface area contributed by atoms with Crippen LogP contribution in [0.15, 0.2) is 24.2 Å². The molecule has 2 saturated heterocycles. The number of aromatic nitrogens is 2. The Labute approximate surface area is 169 Å². The number of carbonyl (C=O) groups excluding carboxylic acids is 1. The third-order valence-electron chi connectivity index (χ3n) is 3.07. The van der Waals surface area contributed by atoms with Gasteiger partial charge in [-0.2, -0.15) is 5.10 Å². The van der Waals surface area contributed by atoms with Crippen LogP contribution in [0.2, 0.25) is 0 Å². The van der Waals surface area contributed by atoms with Gasteiger partial charge in [0.15, 0.2) is 5.69 Å². The standard InChI is InChI=1S/C18H24N4O/c1-21-13-6-5-7-14(21)11-12(10-13)19-18(23)17-15-8-3-4-9-16(15)22(2)20-17/h3-4,8-9,12-14H,5-7,10-11H2,1-2H3,(H,19,23)/i1D3,2D3,3D,4D,5D2,6D2,7D2,8D,9D,10D2,11D2,12D,13D,14D. The molecule has 0 spiro atoms. The lowest BCUT2D eigenvalue weighted by Crippen LogP contribution is -2.55. The molecule has 122 valence electrons. The fourth-order valence-corrected chi connectivity index (χ4v) is 2.05. The van der Waals surface area contributed by atoms with Gasteiger partial charge in [0, 0.05) is 55.1 Å². The molecule has 5 heteroatoms. The van der Waals surface area contributed by atoms with E-state index in [9.17, 15) is 4.79 Å². The zero-order valence-corrected chi connectivity index (χ0v) is 11.2. The summed E-state index contributed by atoms with van der Waals surface area (Å²) in [5, 5.41) is 4.02. The van der Waals surface area contributed by atoms with Crippen molar-refractivity contribution in [2.45, 2.75) is 49.9 Å². The lowest BCUT2D eigenvalue weighted by molar-refractivity contribution is 0.0462. The number of hydrogen-bond acceptors (Lipinski definition) is 3. The van der Waals surface area contributed by atoms with Crippen molar-refractivity contribution in [1.29, 1.82) is 0 Å². The first-order chi connectivity index (χ1) is 20.1. The van der Waals surface area contributed by atoms with Gasteiger partial charge in [-0.1, -0.05) is 24.5 Å². The Bertz CT molecular complexity index is 1610. The maximum Gasteiger partial charge on any atom is 0.272 e. The van der Waals surface area contributed by atoms with E-state index in [-0.39, 0.29) is 4.68 Å². The minimum absolute atomic E-state index is 0.0186. The van der Waals surface area contributed by atoms with Crippen LogP contribution in [0.1, 0.15) is 73.9 Å². The van der Waals surface area contributed by atoms with E-state index in [4.69, 9.17) is 31.5 Å². The van der Waals surface area contributed by atoms with Gasteiger partial charge in [0.25, 0.3) is 5.91 Å². The van der Waals surface area contributed by atoms with Crippen LogP contribution in [0.3, 0.4) is 0 Å². The average molecular weight is 336 g/mol. The molecule has 1 aromatic carbocycles. The highest BCUT2D eigenvalue weighted by Gasteiger charge is 2.36. The van der Waals surface area contributed by atoms with Gasteiger partial charge in [0.2, 0.25) is 0 Å². The number of fused-ring (bicyclic) bond motifs is 3. The Morgan fingerprint density at radius 1 is 1.39 bits per heavy atom. The monoisotopic (exact) mass is 335 g/mol. The van der Waals surface area contributed by atoms with Crippen molar-refractivity contribution in [3.05, 3.63) is 29.9 Å². The number of carbonyl (C=O) groups is 1. The third-order valence-corrected chi connectivity index (χ3v) is 3.07. The second kappa shape index (κ2) is 5.64. The minimum atomic E-state index is -4.44. The quantitative estimate of drug-likeness (QED) is 0.916. The van der Waals surface area contributed by atoms with Gasteiger partial charge in [-0.25, -0.2) is 0 Å². The number of hydrogen-bond donors (Lipinski definition) is 1. The Morgan fingerprint density at radius 2 is 2.17 bits per heavy atom. The summed E-state index contributed by atoms with van der Waals surface area (Å²) in [5.74, 6) is -1.99. The SMILES string of the molecule is [2H]c1c([2H])c([2H])c2c(c(C(=O)NC3([2H])C([2H])([2H])C4([2H])N(C([2H])([2H])[2H])C([2H])(C([2H])([2H])C([2H])([2H])C4([2H])[2H])C3([2H])[2H])nn2C([2H])([2H])[2H])c1[2H]. The van der Waals surface area contributed by atoms with Crippen LogP contribution in [0, 0.1) is 0 Å². The van der Waals surface area contributed by atoms with Crippen molar-refractivity contribution in [2.75, 3.05) is 6.98 Å². The van der Waals surface area contributed by atoms with Crippen molar-refractivity contribution in [3.8, 4) is 0 Å². The first-order valence-electron chi connectivity index (χ1n) is 17.7. The predicted octanol–water partition coefficient (Wildman–Crippen LogP) is 2.32. The molecule has 2 atom stereocenters. The molecule has 2 fully saturated rings. The maximum absolute atomic E-state index is 13.8. The van der Waals surface area contributed by atoms with Gasteiger partial charge in [-0.15, -0.1) is 0 Å². The van der Waals surface area contributed by atoms with Gasteiger partial charge in [-0.3, -0.25) is 9.48 Å². The molecule has 2 aromatic rings. The van der Waals surface area contributed by atoms with Crippen molar-refractivity contribution in [2.24, 2.45) is 6.98 Å². The average Bonchev–Trinajstić information content (AvgIpc) is 3.29. The van der Waals surface area contributed by atoms with Gasteiger partial charge in [0.05, 0.1) is 12.4 Å². The van der Waals surface area contributed by atoms with E-state index in [0.717, 1.165) is 0 Å². The predicted molar refractivity (Wildman–Crippen MR) is 90.4 cm³/mol. The highest BCUT2D eigenvalue weighted by atomic mass is 16.2.